The summed E-state index contributed by atoms with van der Waals surface area (Å²) in [5.41, 5.74) is 9.03. The number of benzene rings is 3. The third-order valence-electron chi connectivity index (χ3n) is 8.18. The first kappa shape index (κ1) is 41.2. The number of amides is 2. The van der Waals surface area contributed by atoms with Gasteiger partial charge >= 0.3 is 12.1 Å². The van der Waals surface area contributed by atoms with Crippen molar-refractivity contribution in [1.82, 2.24) is 14.6 Å². The van der Waals surface area contributed by atoms with Crippen LogP contribution in [0.4, 0.5) is 26.5 Å². The van der Waals surface area contributed by atoms with Crippen LogP contribution in [0.3, 0.4) is 0 Å². The van der Waals surface area contributed by atoms with Crippen molar-refractivity contribution in [1.29, 1.82) is 0 Å². The first-order valence-electron chi connectivity index (χ1n) is 16.4. The van der Waals surface area contributed by atoms with Crippen LogP contribution in [0.2, 0.25) is 0 Å². The summed E-state index contributed by atoms with van der Waals surface area (Å²) >= 11 is 0. The van der Waals surface area contributed by atoms with Crippen LogP contribution in [0, 0.1) is 11.7 Å². The molecule has 3 aromatic carbocycles. The number of carbonyl (C=O) groups excluding carboxylic acids is 3. The van der Waals surface area contributed by atoms with E-state index >= 15 is 0 Å². The summed E-state index contributed by atoms with van der Waals surface area (Å²) in [5.74, 6) is -1.90. The molecule has 0 bridgehead atoms. The van der Waals surface area contributed by atoms with Gasteiger partial charge in [0, 0.05) is 29.8 Å². The van der Waals surface area contributed by atoms with Gasteiger partial charge in [-0.15, -0.1) is 17.5 Å². The maximum atomic E-state index is 13.6. The van der Waals surface area contributed by atoms with E-state index < -0.39 is 40.7 Å². The molecular weight excluding hydrogens is 743 g/mol. The number of anilines is 3. The molecule has 0 fully saturated rings. The molecule has 2 amide bonds. The number of methoxy groups -OCH3 is 1. The Morgan fingerprint density at radius 2 is 1.61 bits per heavy atom. The van der Waals surface area contributed by atoms with E-state index in [1.165, 1.54) is 42.0 Å². The monoisotopic (exact) mass is 782 g/mol. The van der Waals surface area contributed by atoms with E-state index in [4.69, 9.17) is 19.9 Å². The molecule has 0 radical (unpaired) electrons. The molecule has 2 atom stereocenters. The average molecular weight is 783 g/mol. The predicted molar refractivity (Wildman–Crippen MR) is 202 cm³/mol. The Bertz CT molecular complexity index is 2230. The summed E-state index contributed by atoms with van der Waals surface area (Å²) in [6.07, 6.45) is 2.03. The van der Waals surface area contributed by atoms with E-state index in [9.17, 15) is 27.2 Å². The number of nitrogens with two attached hydrogens (primary N) is 1. The molecule has 0 unspecified atom stereocenters. The van der Waals surface area contributed by atoms with Gasteiger partial charge in [-0.2, -0.15) is 4.98 Å². The minimum absolute atomic E-state index is 0. The minimum Gasteiger partial charge on any atom is -0.495 e. The molecule has 14 nitrogen and oxygen atoms in total. The van der Waals surface area contributed by atoms with Gasteiger partial charge in [-0.05, 0) is 78.9 Å². The molecule has 5 rings (SSSR count). The van der Waals surface area contributed by atoms with E-state index in [0.29, 0.717) is 23.3 Å². The van der Waals surface area contributed by atoms with Gasteiger partial charge in [0.15, 0.2) is 15.5 Å². The first-order valence-corrected chi connectivity index (χ1v) is 18.3. The van der Waals surface area contributed by atoms with Crippen molar-refractivity contribution in [3.8, 4) is 16.9 Å². The van der Waals surface area contributed by atoms with Crippen LogP contribution in [-0.4, -0.2) is 67.2 Å². The number of hydrogen-bond donors (Lipinski definition) is 2. The normalized spacial score (nSPS) is 12.4. The number of halogens is 2. The highest BCUT2D eigenvalue weighted by Crippen LogP contribution is 2.35. The number of ether oxygens (including phenoxy) is 3. The van der Waals surface area contributed by atoms with Gasteiger partial charge in [-0.3, -0.25) is 9.59 Å². The molecule has 286 valence electrons. The summed E-state index contributed by atoms with van der Waals surface area (Å²) in [4.78, 5) is 44.2. The molecule has 2 heterocycles. The van der Waals surface area contributed by atoms with Gasteiger partial charge in [0.2, 0.25) is 12.7 Å². The lowest BCUT2D eigenvalue weighted by Gasteiger charge is -2.21. The molecule has 0 saturated heterocycles. The predicted octanol–water partition coefficient (Wildman–Crippen LogP) is 6.26. The van der Waals surface area contributed by atoms with Crippen molar-refractivity contribution in [2.45, 2.75) is 44.0 Å². The fraction of sp³-hybridized carbons (Fsp3) is 0.270. The Hall–Kier alpha value is -5.58. The Morgan fingerprint density at radius 3 is 2.24 bits per heavy atom. The van der Waals surface area contributed by atoms with Crippen LogP contribution in [0.25, 0.3) is 16.8 Å². The van der Waals surface area contributed by atoms with Gasteiger partial charge in [-0.1, -0.05) is 38.1 Å². The number of esters is 1. The molecule has 0 aliphatic carbocycles. The lowest BCUT2D eigenvalue weighted by molar-refractivity contribution is -0.153. The molecule has 0 saturated carbocycles. The molecule has 54 heavy (non-hydrogen) atoms. The topological polar surface area (TPSA) is 185 Å². The molecule has 2 aromatic heterocycles. The van der Waals surface area contributed by atoms with Crippen molar-refractivity contribution < 1.29 is 41.4 Å². The number of pyridine rings is 1. The van der Waals surface area contributed by atoms with Gasteiger partial charge in [0.1, 0.15) is 17.6 Å². The maximum Gasteiger partial charge on any atom is 0.424 e. The van der Waals surface area contributed by atoms with E-state index in [0.717, 1.165) is 22.3 Å². The SMILES string of the molecule is COc1cc(S(C)(=O)=O)ccc1N(C(=O)OCOC(=O)[C@@H](N)CC(C)C)c1nc2ccc(-c3ccc(NC(=O)[C@H](C)c4ccc(F)cc4)cc3)cn2n1.Cl. The minimum atomic E-state index is -3.63. The lowest BCUT2D eigenvalue weighted by atomic mass is 10.00. The number of sulfone groups is 1. The van der Waals surface area contributed by atoms with Crippen molar-refractivity contribution in [2.24, 2.45) is 11.7 Å². The first-order chi connectivity index (χ1) is 25.1. The Kier molecular flexibility index (Phi) is 13.3. The van der Waals surface area contributed by atoms with E-state index in [-0.39, 0.29) is 52.3 Å². The van der Waals surface area contributed by atoms with Gasteiger partial charge in [0.05, 0.1) is 23.6 Å². The second kappa shape index (κ2) is 17.5. The standard InChI is InChI=1S/C37H39FN6O8S.ClH/c1-22(2)18-30(39)35(46)51-21-52-37(47)44(31-16-15-29(53(5,48)49)19-32(31)50-4)36-41-33-17-10-26(20-43(33)42-36)25-8-13-28(14-9-25)40-34(45)23(3)24-6-11-27(38)12-7-24;/h6-17,19-20,22-23,30H,18,21,39H2,1-5H3,(H,40,45);1H/t23-,30+;/m1./s1. The fourth-order valence-corrected chi connectivity index (χ4v) is 5.95. The van der Waals surface area contributed by atoms with Gasteiger partial charge in [-0.25, -0.2) is 27.0 Å². The molecule has 0 aliphatic heterocycles. The maximum absolute atomic E-state index is 13.6. The molecule has 5 aromatic rings. The number of nitrogens with one attached hydrogen (secondary N) is 1. The van der Waals surface area contributed by atoms with Gasteiger partial charge < -0.3 is 25.3 Å². The molecule has 17 heteroatoms. The zero-order valence-electron chi connectivity index (χ0n) is 30.1. The van der Waals surface area contributed by atoms with Crippen LogP contribution in [0.5, 0.6) is 5.75 Å². The second-order valence-electron chi connectivity index (χ2n) is 12.6. The van der Waals surface area contributed by atoms with Crippen molar-refractivity contribution in [3.05, 3.63) is 96.4 Å². The van der Waals surface area contributed by atoms with Crippen LogP contribution in [0.15, 0.2) is 90.0 Å². The largest absolute Gasteiger partial charge is 0.495 e. The Labute approximate surface area is 317 Å². The second-order valence-corrected chi connectivity index (χ2v) is 14.7. The van der Waals surface area contributed by atoms with Gasteiger partial charge in [0.25, 0.3) is 5.95 Å². The molecular formula is C37H40ClFN6O8S. The number of aromatic nitrogens is 3. The third-order valence-corrected chi connectivity index (χ3v) is 9.29. The highest BCUT2D eigenvalue weighted by atomic mass is 35.5. The summed E-state index contributed by atoms with van der Waals surface area (Å²) in [5, 5.41) is 7.38. The van der Waals surface area contributed by atoms with Crippen molar-refractivity contribution in [2.75, 3.05) is 30.4 Å². The van der Waals surface area contributed by atoms with Crippen molar-refractivity contribution >= 4 is 63.2 Å². The fourth-order valence-electron chi connectivity index (χ4n) is 5.31. The summed E-state index contributed by atoms with van der Waals surface area (Å²) in [7, 11) is -2.33. The number of hydrogen-bond acceptors (Lipinski definition) is 11. The Balaban J connectivity index is 0.00000650. The molecule has 0 aliphatic rings. The number of nitrogens with zero attached hydrogens (tertiary/aromatic N) is 4. The van der Waals surface area contributed by atoms with Crippen molar-refractivity contribution in [3.63, 3.8) is 0 Å². The van der Waals surface area contributed by atoms with E-state index in [1.54, 1.807) is 49.5 Å². The third kappa shape index (κ3) is 9.89. The smallest absolute Gasteiger partial charge is 0.424 e. The highest BCUT2D eigenvalue weighted by molar-refractivity contribution is 7.90. The zero-order valence-corrected chi connectivity index (χ0v) is 31.7. The summed E-state index contributed by atoms with van der Waals surface area (Å²) in [6, 6.07) is 19.3. The number of carbonyl (C=O) groups is 3. The lowest BCUT2D eigenvalue weighted by Crippen LogP contribution is -2.35. The molecule has 3 N–H and O–H groups in total. The summed E-state index contributed by atoms with van der Waals surface area (Å²) < 4.78 is 55.1. The Morgan fingerprint density at radius 1 is 0.944 bits per heavy atom. The number of rotatable bonds is 13. The van der Waals surface area contributed by atoms with Crippen LogP contribution >= 0.6 is 12.4 Å². The van der Waals surface area contributed by atoms with E-state index in [1.807, 2.05) is 26.0 Å². The van der Waals surface area contributed by atoms with Crippen LogP contribution < -0.4 is 20.7 Å². The average Bonchev–Trinajstić information content (AvgIpc) is 3.54. The van der Waals surface area contributed by atoms with Crippen LogP contribution in [0.1, 0.15) is 38.7 Å². The summed E-state index contributed by atoms with van der Waals surface area (Å²) in [6.45, 7) is 4.77. The number of fused-ring (bicyclic) bond motifs is 1. The molecule has 0 spiro atoms. The highest BCUT2D eigenvalue weighted by Gasteiger charge is 2.29. The zero-order chi connectivity index (χ0) is 38.4. The van der Waals surface area contributed by atoms with E-state index in [2.05, 4.69) is 15.4 Å². The van der Waals surface area contributed by atoms with Crippen LogP contribution in [-0.2, 0) is 28.9 Å². The quantitative estimate of drug-likeness (QED) is 0.102.